The first-order chi connectivity index (χ1) is 8.77. The predicted octanol–water partition coefficient (Wildman–Crippen LogP) is 2.60. The Morgan fingerprint density at radius 2 is 2.06 bits per heavy atom. The average molecular weight is 311 g/mol. The molecule has 1 heterocycles. The van der Waals surface area contributed by atoms with Gasteiger partial charge in [0.05, 0.1) is 23.6 Å². The number of para-hydroxylation sites is 1. The lowest BCUT2D eigenvalue weighted by molar-refractivity contribution is 0.133. The molecule has 0 aliphatic rings. The molecule has 0 radical (unpaired) electrons. The van der Waals surface area contributed by atoms with E-state index in [-0.39, 0.29) is 5.56 Å². The molecule has 0 atom stereocenters. The zero-order valence-corrected chi connectivity index (χ0v) is 11.7. The minimum Gasteiger partial charge on any atom is -0.377 e. The predicted molar refractivity (Wildman–Crippen MR) is 74.4 cm³/mol. The molecular weight excluding hydrogens is 296 g/mol. The number of aromatic amines is 1. The molecule has 0 amide bonds. The van der Waals surface area contributed by atoms with Crippen LogP contribution in [0.3, 0.4) is 0 Å². The second kappa shape index (κ2) is 6.02. The van der Waals surface area contributed by atoms with Crippen molar-refractivity contribution in [1.29, 1.82) is 0 Å². The molecule has 0 saturated carbocycles. The van der Waals surface area contributed by atoms with E-state index in [1.807, 2.05) is 37.3 Å². The maximum absolute atomic E-state index is 12.3. The van der Waals surface area contributed by atoms with Gasteiger partial charge in [0.15, 0.2) is 0 Å². The van der Waals surface area contributed by atoms with E-state index < -0.39 is 0 Å². The largest absolute Gasteiger partial charge is 0.377 e. The second-order valence-corrected chi connectivity index (χ2v) is 4.38. The first-order valence-electron chi connectivity index (χ1n) is 5.79. The van der Waals surface area contributed by atoms with Crippen molar-refractivity contribution < 1.29 is 4.74 Å². The second-order valence-electron chi connectivity index (χ2n) is 3.82. The fourth-order valence-electron chi connectivity index (χ4n) is 1.74. The molecule has 0 aliphatic heterocycles. The number of nitrogens with one attached hydrogen (secondary N) is 1. The van der Waals surface area contributed by atoms with Gasteiger partial charge >= 0.3 is 0 Å². The molecule has 18 heavy (non-hydrogen) atoms. The van der Waals surface area contributed by atoms with Crippen LogP contribution in [0.5, 0.6) is 0 Å². The van der Waals surface area contributed by atoms with Crippen LogP contribution in [-0.2, 0) is 16.7 Å². The Bertz CT molecular complexity index is 560. The number of H-pyrrole nitrogens is 1. The number of rotatable bonds is 5. The van der Waals surface area contributed by atoms with Gasteiger partial charge < -0.3 is 4.74 Å². The van der Waals surface area contributed by atoms with E-state index >= 15 is 0 Å². The Morgan fingerprint density at radius 1 is 1.33 bits per heavy atom. The van der Waals surface area contributed by atoms with Crippen LogP contribution in [0.1, 0.15) is 18.2 Å². The molecule has 1 N–H and O–H groups in total. The van der Waals surface area contributed by atoms with E-state index in [0.717, 1.165) is 11.4 Å². The third-order valence-electron chi connectivity index (χ3n) is 2.67. The van der Waals surface area contributed by atoms with Gasteiger partial charge in [0.25, 0.3) is 5.56 Å². The van der Waals surface area contributed by atoms with Gasteiger partial charge in [-0.2, -0.15) is 0 Å². The van der Waals surface area contributed by atoms with Crippen molar-refractivity contribution in [3.05, 3.63) is 51.9 Å². The van der Waals surface area contributed by atoms with Crippen LogP contribution >= 0.6 is 15.9 Å². The maximum Gasteiger partial charge on any atom is 0.277 e. The number of ether oxygens (including phenoxy) is 1. The number of halogens is 1. The standard InChI is InChI=1S/C13H15BrN2O2/c1-2-18-9-11-12(8-14)15-16(13(11)17)10-6-4-3-5-7-10/h3-7,15H,2,8-9H2,1H3. The normalized spacial score (nSPS) is 10.8. The van der Waals surface area contributed by atoms with E-state index in [0.29, 0.717) is 24.1 Å². The van der Waals surface area contributed by atoms with Crippen LogP contribution in [0.25, 0.3) is 5.69 Å². The van der Waals surface area contributed by atoms with Crippen LogP contribution in [0.2, 0.25) is 0 Å². The zero-order valence-electron chi connectivity index (χ0n) is 10.1. The molecule has 0 unspecified atom stereocenters. The quantitative estimate of drug-likeness (QED) is 0.863. The fraction of sp³-hybridized carbons (Fsp3) is 0.308. The SMILES string of the molecule is CCOCc1c(CBr)[nH]n(-c2ccccc2)c1=O. The average Bonchev–Trinajstić information content (AvgIpc) is 2.74. The molecule has 0 saturated heterocycles. The van der Waals surface area contributed by atoms with E-state index in [2.05, 4.69) is 21.0 Å². The molecule has 1 aromatic carbocycles. The Morgan fingerprint density at radius 3 is 2.67 bits per heavy atom. The van der Waals surface area contributed by atoms with Gasteiger partial charge in [0.1, 0.15) is 0 Å². The van der Waals surface area contributed by atoms with E-state index in [1.165, 1.54) is 0 Å². The fourth-order valence-corrected chi connectivity index (χ4v) is 2.20. The molecular formula is C13H15BrN2O2. The van der Waals surface area contributed by atoms with Crippen molar-refractivity contribution in [2.45, 2.75) is 18.9 Å². The van der Waals surface area contributed by atoms with Crippen molar-refractivity contribution in [3.63, 3.8) is 0 Å². The lowest BCUT2D eigenvalue weighted by atomic mass is 10.3. The van der Waals surface area contributed by atoms with Crippen LogP contribution in [0.15, 0.2) is 35.1 Å². The van der Waals surface area contributed by atoms with Gasteiger partial charge in [0, 0.05) is 11.9 Å². The molecule has 4 nitrogen and oxygen atoms in total. The number of hydrogen-bond donors (Lipinski definition) is 1. The monoisotopic (exact) mass is 310 g/mol. The summed E-state index contributed by atoms with van der Waals surface area (Å²) in [6.45, 7) is 2.85. The molecule has 96 valence electrons. The van der Waals surface area contributed by atoms with Gasteiger partial charge in [-0.25, -0.2) is 4.68 Å². The highest BCUT2D eigenvalue weighted by Crippen LogP contribution is 2.11. The van der Waals surface area contributed by atoms with E-state index in [1.54, 1.807) is 4.68 Å². The molecule has 0 aliphatic carbocycles. The summed E-state index contributed by atoms with van der Waals surface area (Å²) in [7, 11) is 0. The van der Waals surface area contributed by atoms with Gasteiger partial charge in [-0.05, 0) is 19.1 Å². The number of hydrogen-bond acceptors (Lipinski definition) is 2. The Kier molecular flexibility index (Phi) is 4.38. The number of alkyl halides is 1. The maximum atomic E-state index is 12.3. The number of aromatic nitrogens is 2. The first kappa shape index (κ1) is 13.1. The molecule has 0 bridgehead atoms. The summed E-state index contributed by atoms with van der Waals surface area (Å²) >= 11 is 3.38. The van der Waals surface area contributed by atoms with E-state index in [9.17, 15) is 4.79 Å². The van der Waals surface area contributed by atoms with Crippen LogP contribution in [0.4, 0.5) is 0 Å². The zero-order chi connectivity index (χ0) is 13.0. The van der Waals surface area contributed by atoms with Crippen molar-refractivity contribution in [2.24, 2.45) is 0 Å². The number of benzene rings is 1. The highest BCUT2D eigenvalue weighted by atomic mass is 79.9. The van der Waals surface area contributed by atoms with Crippen LogP contribution in [-0.4, -0.2) is 16.4 Å². The summed E-state index contributed by atoms with van der Waals surface area (Å²) < 4.78 is 6.88. The summed E-state index contributed by atoms with van der Waals surface area (Å²) in [4.78, 5) is 12.3. The lowest BCUT2D eigenvalue weighted by Crippen LogP contribution is -2.17. The van der Waals surface area contributed by atoms with Gasteiger partial charge in [-0.1, -0.05) is 34.1 Å². The minimum absolute atomic E-state index is 0.0518. The topological polar surface area (TPSA) is 47.0 Å². The van der Waals surface area contributed by atoms with Crippen molar-refractivity contribution in [1.82, 2.24) is 9.78 Å². The Labute approximate surface area is 114 Å². The molecule has 0 fully saturated rings. The third-order valence-corrected chi connectivity index (χ3v) is 3.23. The summed E-state index contributed by atoms with van der Waals surface area (Å²) in [5, 5.41) is 3.70. The van der Waals surface area contributed by atoms with Crippen molar-refractivity contribution in [3.8, 4) is 5.69 Å². The smallest absolute Gasteiger partial charge is 0.277 e. The summed E-state index contributed by atoms with van der Waals surface area (Å²) in [6.07, 6.45) is 0. The first-order valence-corrected chi connectivity index (χ1v) is 6.92. The van der Waals surface area contributed by atoms with Gasteiger partial charge in [-0.3, -0.25) is 9.89 Å². The van der Waals surface area contributed by atoms with Gasteiger partial charge in [-0.15, -0.1) is 0 Å². The van der Waals surface area contributed by atoms with Gasteiger partial charge in [0.2, 0.25) is 0 Å². The molecule has 2 rings (SSSR count). The highest BCUT2D eigenvalue weighted by Gasteiger charge is 2.14. The molecule has 0 spiro atoms. The molecule has 5 heteroatoms. The summed E-state index contributed by atoms with van der Waals surface area (Å²) in [5.74, 6) is 0. The van der Waals surface area contributed by atoms with Crippen molar-refractivity contribution >= 4 is 15.9 Å². The minimum atomic E-state index is -0.0518. The number of nitrogens with zero attached hydrogens (tertiary/aromatic N) is 1. The Hall–Kier alpha value is -1.33. The lowest BCUT2D eigenvalue weighted by Gasteiger charge is -1.99. The summed E-state index contributed by atoms with van der Waals surface area (Å²) in [5.41, 5.74) is 2.31. The molecule has 1 aromatic heterocycles. The molecule has 2 aromatic rings. The highest BCUT2D eigenvalue weighted by molar-refractivity contribution is 9.08. The van der Waals surface area contributed by atoms with Crippen molar-refractivity contribution in [2.75, 3.05) is 6.61 Å². The third kappa shape index (κ3) is 2.57. The Balaban J connectivity index is 2.44. The van der Waals surface area contributed by atoms with Crippen LogP contribution < -0.4 is 5.56 Å². The summed E-state index contributed by atoms with van der Waals surface area (Å²) in [6, 6.07) is 9.50. The van der Waals surface area contributed by atoms with E-state index in [4.69, 9.17) is 4.74 Å². The van der Waals surface area contributed by atoms with Crippen LogP contribution in [0, 0.1) is 0 Å².